The maximum atomic E-state index is 5.26. The summed E-state index contributed by atoms with van der Waals surface area (Å²) in [7, 11) is 5.26. The van der Waals surface area contributed by atoms with E-state index in [9.17, 15) is 0 Å². The summed E-state index contributed by atoms with van der Waals surface area (Å²) in [5.41, 5.74) is 0. The topological polar surface area (TPSA) is 0 Å². The van der Waals surface area contributed by atoms with E-state index in [1.807, 2.05) is 0 Å². The van der Waals surface area contributed by atoms with Gasteiger partial charge < -0.3 is 0 Å². The second-order valence-electron chi connectivity index (χ2n) is 0.162. The summed E-state index contributed by atoms with van der Waals surface area (Å²) in [6, 6.07) is 0. The molecule has 0 aliphatic rings. The van der Waals surface area contributed by atoms with E-state index in [4.69, 9.17) is 8.91 Å². The van der Waals surface area contributed by atoms with Crippen molar-refractivity contribution in [3.8, 4) is 0 Å². The third-order valence-electron chi connectivity index (χ3n) is 0. The SMILES string of the molecule is ClI(Br)Br. The van der Waals surface area contributed by atoms with Crippen molar-refractivity contribution >= 4 is 48.5 Å². The van der Waals surface area contributed by atoms with Crippen molar-refractivity contribution < 1.29 is 0 Å². The van der Waals surface area contributed by atoms with Gasteiger partial charge in [0.2, 0.25) is 0 Å². The van der Waals surface area contributed by atoms with Crippen molar-refractivity contribution in [2.24, 2.45) is 0 Å². The molecule has 0 aromatic heterocycles. The Morgan fingerprint density at radius 3 is 1.50 bits per heavy atom. The first-order valence-corrected chi connectivity index (χ1v) is 12.8. The summed E-state index contributed by atoms with van der Waals surface area (Å²) in [5.74, 6) is 0. The molecule has 0 aliphatic heterocycles. The zero-order valence-electron chi connectivity index (χ0n) is 1.51. The molecule has 4 heteroatoms. The van der Waals surface area contributed by atoms with Crippen molar-refractivity contribution in [3.05, 3.63) is 0 Å². The summed E-state index contributed by atoms with van der Waals surface area (Å²) in [4.78, 5) is 0. The Balaban J connectivity index is 2.32. The van der Waals surface area contributed by atoms with Crippen LogP contribution < -0.4 is 0 Å². The molecule has 0 heterocycles. The molecule has 0 rings (SSSR count). The average Bonchev–Trinajstić information content (AvgIpc) is 0.811. The van der Waals surface area contributed by atoms with Crippen LogP contribution in [0.5, 0.6) is 0 Å². The number of hydrogen-bond donors (Lipinski definition) is 0. The van der Waals surface area contributed by atoms with Crippen LogP contribution in [0.4, 0.5) is 0 Å². The average molecular weight is 322 g/mol. The van der Waals surface area contributed by atoms with Crippen LogP contribution in [0.25, 0.3) is 0 Å². The second-order valence-corrected chi connectivity index (χ2v) is 21.1. The molecular weight excluding hydrogens is 322 g/mol. The summed E-state index contributed by atoms with van der Waals surface area (Å²) in [6.45, 7) is 0. The predicted octanol–water partition coefficient (Wildman–Crippen LogP) is 3.27. The van der Waals surface area contributed by atoms with Gasteiger partial charge in [-0.15, -0.1) is 0 Å². The van der Waals surface area contributed by atoms with Crippen LogP contribution in [0.1, 0.15) is 0 Å². The first kappa shape index (κ1) is 5.98. The molecule has 4 heavy (non-hydrogen) atoms. The van der Waals surface area contributed by atoms with E-state index in [0.717, 1.165) is 0 Å². The molecular formula is Br2ClI. The van der Waals surface area contributed by atoms with Gasteiger partial charge in [0, 0.05) is 0 Å². The Labute approximate surface area is 47.9 Å². The zero-order valence-corrected chi connectivity index (χ0v) is 7.60. The summed E-state index contributed by atoms with van der Waals surface area (Å²) < 4.78 is 0. The minimum atomic E-state index is -1.17. The molecule has 0 spiro atoms. The molecule has 0 aromatic carbocycles. The van der Waals surface area contributed by atoms with E-state index in [0.29, 0.717) is 0 Å². The Morgan fingerprint density at radius 1 is 1.50 bits per heavy atom. The van der Waals surface area contributed by atoms with Crippen molar-refractivity contribution in [1.82, 2.24) is 0 Å². The Hall–Kier alpha value is 1.98. The molecule has 0 nitrogen and oxygen atoms in total. The standard InChI is InChI=1S/Br2ClI/c1-4(2)3. The van der Waals surface area contributed by atoms with Crippen LogP contribution in [0.3, 0.4) is 0 Å². The molecule has 0 N–H and O–H groups in total. The fourth-order valence-electron chi connectivity index (χ4n) is 0. The Morgan fingerprint density at radius 2 is 1.50 bits per heavy atom. The zero-order chi connectivity index (χ0) is 3.58. The third kappa shape index (κ3) is 9.02. The fraction of sp³-hybridized carbons (Fsp3) is 0. The molecule has 0 aromatic rings. The first-order chi connectivity index (χ1) is 1.73. The molecule has 0 unspecified atom stereocenters. The molecule has 0 saturated carbocycles. The van der Waals surface area contributed by atoms with Gasteiger partial charge in [-0.05, 0) is 0 Å². The van der Waals surface area contributed by atoms with Gasteiger partial charge in [0.1, 0.15) is 0 Å². The van der Waals surface area contributed by atoms with Crippen molar-refractivity contribution in [3.63, 3.8) is 0 Å². The number of rotatable bonds is 0. The second kappa shape index (κ2) is 3.18. The molecule has 28 valence electrons. The number of hydrogen-bond acceptors (Lipinski definition) is 0. The van der Waals surface area contributed by atoms with Gasteiger partial charge in [0.25, 0.3) is 0 Å². The van der Waals surface area contributed by atoms with Crippen LogP contribution in [0, 0.1) is 0 Å². The van der Waals surface area contributed by atoms with Gasteiger partial charge in [0.05, 0.1) is 0 Å². The van der Waals surface area contributed by atoms with E-state index < -0.39 is 14.2 Å². The van der Waals surface area contributed by atoms with Crippen LogP contribution in [-0.4, -0.2) is 0 Å². The molecule has 0 amide bonds. The Bertz CT molecular complexity index is 10.8. The monoisotopic (exact) mass is 320 g/mol. The van der Waals surface area contributed by atoms with Gasteiger partial charge in [-0.25, -0.2) is 0 Å². The molecule has 0 aliphatic carbocycles. The van der Waals surface area contributed by atoms with Gasteiger partial charge in [0.15, 0.2) is 0 Å². The van der Waals surface area contributed by atoms with Crippen molar-refractivity contribution in [1.29, 1.82) is 0 Å². The maximum absolute atomic E-state index is 5.26. The van der Waals surface area contributed by atoms with E-state index in [-0.39, 0.29) is 0 Å². The molecule has 0 bridgehead atoms. The van der Waals surface area contributed by atoms with Gasteiger partial charge in [-0.2, -0.15) is 0 Å². The van der Waals surface area contributed by atoms with E-state index >= 15 is 0 Å². The summed E-state index contributed by atoms with van der Waals surface area (Å²) in [6.07, 6.45) is 0. The van der Waals surface area contributed by atoms with E-state index in [1.165, 1.54) is 0 Å². The first-order valence-electron chi connectivity index (χ1n) is 0.429. The fourth-order valence-corrected chi connectivity index (χ4v) is 0. The molecule has 0 radical (unpaired) electrons. The van der Waals surface area contributed by atoms with Crippen LogP contribution in [-0.2, 0) is 0 Å². The van der Waals surface area contributed by atoms with Crippen molar-refractivity contribution in [2.45, 2.75) is 0 Å². The quantitative estimate of drug-likeness (QED) is 0.601. The van der Waals surface area contributed by atoms with Crippen molar-refractivity contribution in [2.75, 3.05) is 0 Å². The van der Waals surface area contributed by atoms with Gasteiger partial charge >= 0.3 is 48.5 Å². The Kier molecular flexibility index (Phi) is 4.76. The number of halogens is 4. The molecule has 0 saturated heterocycles. The van der Waals surface area contributed by atoms with Gasteiger partial charge in [-0.1, -0.05) is 0 Å². The molecule has 0 fully saturated rings. The third-order valence-corrected chi connectivity index (χ3v) is 0. The molecule has 0 atom stereocenters. The van der Waals surface area contributed by atoms with E-state index in [2.05, 4.69) is 25.4 Å². The van der Waals surface area contributed by atoms with Crippen LogP contribution in [0.2, 0.25) is 0 Å². The minimum absolute atomic E-state index is 1.17. The van der Waals surface area contributed by atoms with Gasteiger partial charge in [-0.3, -0.25) is 0 Å². The predicted molar refractivity (Wildman–Crippen MR) is 37.7 cm³/mol. The normalized spacial score (nSPS) is 11.2. The van der Waals surface area contributed by atoms with E-state index in [1.54, 1.807) is 0 Å². The summed E-state index contributed by atoms with van der Waals surface area (Å²) >= 11 is 5.05. The summed E-state index contributed by atoms with van der Waals surface area (Å²) in [5, 5.41) is 0. The van der Waals surface area contributed by atoms with Crippen LogP contribution >= 0.6 is 48.5 Å². The van der Waals surface area contributed by atoms with Crippen LogP contribution in [0.15, 0.2) is 0 Å².